The van der Waals surface area contributed by atoms with Crippen LogP contribution >= 0.6 is 11.6 Å². The van der Waals surface area contributed by atoms with Crippen LogP contribution in [0, 0.1) is 6.57 Å². The van der Waals surface area contributed by atoms with Gasteiger partial charge < -0.3 is 24.3 Å². The molecule has 11 heteroatoms. The number of benzene rings is 2. The zero-order valence-electron chi connectivity index (χ0n) is 23.8. The predicted octanol–water partition coefficient (Wildman–Crippen LogP) is 5.39. The molecule has 6 rings (SSSR count). The highest BCUT2D eigenvalue weighted by Crippen LogP contribution is 2.36. The zero-order chi connectivity index (χ0) is 30.1. The van der Waals surface area contributed by atoms with Crippen molar-refractivity contribution in [3.8, 4) is 17.1 Å². The molecule has 0 unspecified atom stereocenters. The van der Waals surface area contributed by atoms with Crippen LogP contribution in [0.4, 0.5) is 10.2 Å². The summed E-state index contributed by atoms with van der Waals surface area (Å²) in [5, 5.41) is 2.60. The fourth-order valence-corrected chi connectivity index (χ4v) is 6.33. The van der Waals surface area contributed by atoms with Gasteiger partial charge in [-0.05, 0) is 49.5 Å². The van der Waals surface area contributed by atoms with Gasteiger partial charge in [-0.3, -0.25) is 9.78 Å². The first kappa shape index (κ1) is 28.8. The molecule has 1 amide bonds. The van der Waals surface area contributed by atoms with Crippen molar-refractivity contribution in [3.63, 3.8) is 0 Å². The number of pyridine rings is 1. The van der Waals surface area contributed by atoms with Gasteiger partial charge in [0.15, 0.2) is 11.6 Å². The van der Waals surface area contributed by atoms with Crippen LogP contribution in [0.15, 0.2) is 61.1 Å². The molecule has 0 spiro atoms. The molecular formula is C32H31ClFN7O2. The molecule has 2 atom stereocenters. The Hall–Kier alpha value is -4.33. The van der Waals surface area contributed by atoms with Gasteiger partial charge in [0.2, 0.25) is 6.54 Å². The van der Waals surface area contributed by atoms with Crippen molar-refractivity contribution in [2.45, 2.75) is 24.9 Å². The first-order valence-corrected chi connectivity index (χ1v) is 14.6. The standard InChI is InChI=1S/C32H31ClFN7O2/c1-20(34)31(42)41-14-13-40(18-24(41)17-35-2)30-29-27(37-32(38-30)43-19-23-9-6-12-39(23)3)15-22(16-36-29)25-10-4-7-21-8-5-11-26(33)28(21)25/h4-5,7-8,10-11,15-16,23-24H,1,6,9,12-14,17-19H2,3H3/t23-,24-/m0/s1. The molecule has 4 heterocycles. The van der Waals surface area contributed by atoms with Crippen LogP contribution in [0.3, 0.4) is 0 Å². The third-order valence-corrected chi connectivity index (χ3v) is 8.63. The topological polar surface area (TPSA) is 79.1 Å². The molecule has 2 aliphatic rings. The highest BCUT2D eigenvalue weighted by atomic mass is 35.5. The Morgan fingerprint density at radius 2 is 2.00 bits per heavy atom. The maximum Gasteiger partial charge on any atom is 0.319 e. The summed E-state index contributed by atoms with van der Waals surface area (Å²) in [6.45, 7) is 12.9. The normalized spacial score (nSPS) is 19.1. The number of carbonyl (C=O) groups is 1. The monoisotopic (exact) mass is 599 g/mol. The Balaban J connectivity index is 1.41. The number of aromatic nitrogens is 3. The number of anilines is 1. The number of piperazine rings is 1. The van der Waals surface area contributed by atoms with E-state index in [9.17, 15) is 9.18 Å². The number of likely N-dealkylation sites (tertiary alicyclic amines) is 1. The molecule has 220 valence electrons. The van der Waals surface area contributed by atoms with Crippen molar-refractivity contribution in [1.82, 2.24) is 24.8 Å². The van der Waals surface area contributed by atoms with E-state index in [-0.39, 0.29) is 31.7 Å². The first-order chi connectivity index (χ1) is 20.8. The maximum absolute atomic E-state index is 13.8. The number of ether oxygens (including phenoxy) is 1. The lowest BCUT2D eigenvalue weighted by Crippen LogP contribution is -2.56. The molecule has 0 N–H and O–H groups in total. The summed E-state index contributed by atoms with van der Waals surface area (Å²) < 4.78 is 20.0. The molecule has 0 aliphatic carbocycles. The fourth-order valence-electron chi connectivity index (χ4n) is 6.04. The molecule has 43 heavy (non-hydrogen) atoms. The van der Waals surface area contributed by atoms with Gasteiger partial charge in [-0.15, -0.1) is 0 Å². The molecule has 2 fully saturated rings. The summed E-state index contributed by atoms with van der Waals surface area (Å²) >= 11 is 6.64. The number of rotatable bonds is 7. The van der Waals surface area contributed by atoms with Crippen LogP contribution in [-0.4, -0.2) is 89.1 Å². The van der Waals surface area contributed by atoms with Crippen molar-refractivity contribution < 1.29 is 13.9 Å². The average molecular weight is 600 g/mol. The van der Waals surface area contributed by atoms with E-state index in [1.54, 1.807) is 6.20 Å². The smallest absolute Gasteiger partial charge is 0.319 e. The third kappa shape index (κ3) is 5.70. The van der Waals surface area contributed by atoms with E-state index in [1.807, 2.05) is 47.4 Å². The van der Waals surface area contributed by atoms with Gasteiger partial charge in [0.1, 0.15) is 18.2 Å². The zero-order valence-corrected chi connectivity index (χ0v) is 24.6. The van der Waals surface area contributed by atoms with Gasteiger partial charge in [-0.2, -0.15) is 9.97 Å². The fraction of sp³-hybridized carbons (Fsp3) is 0.344. The molecule has 9 nitrogen and oxygen atoms in total. The minimum Gasteiger partial charge on any atom is -0.462 e. The largest absolute Gasteiger partial charge is 0.462 e. The average Bonchev–Trinajstić information content (AvgIpc) is 3.43. The summed E-state index contributed by atoms with van der Waals surface area (Å²) in [6.07, 6.45) is 3.94. The lowest BCUT2D eigenvalue weighted by Gasteiger charge is -2.39. The lowest BCUT2D eigenvalue weighted by molar-refractivity contribution is -0.131. The van der Waals surface area contributed by atoms with E-state index in [2.05, 4.69) is 23.4 Å². The summed E-state index contributed by atoms with van der Waals surface area (Å²) in [5.41, 5.74) is 2.94. The molecule has 0 bridgehead atoms. The summed E-state index contributed by atoms with van der Waals surface area (Å²) in [4.78, 5) is 36.0. The number of fused-ring (bicyclic) bond motifs is 2. The Labute approximate surface area is 254 Å². The Kier molecular flexibility index (Phi) is 8.10. The summed E-state index contributed by atoms with van der Waals surface area (Å²) in [6, 6.07) is 13.8. The summed E-state index contributed by atoms with van der Waals surface area (Å²) in [5.74, 6) is -1.28. The highest BCUT2D eigenvalue weighted by molar-refractivity contribution is 6.36. The van der Waals surface area contributed by atoms with E-state index in [1.165, 1.54) is 4.90 Å². The molecule has 0 saturated carbocycles. The second kappa shape index (κ2) is 12.1. The van der Waals surface area contributed by atoms with Crippen LogP contribution in [0.2, 0.25) is 5.02 Å². The molecule has 2 aromatic carbocycles. The van der Waals surface area contributed by atoms with E-state index >= 15 is 0 Å². The number of amides is 1. The molecule has 2 aromatic heterocycles. The number of carbonyl (C=O) groups excluding carboxylic acids is 1. The van der Waals surface area contributed by atoms with E-state index in [4.69, 9.17) is 37.9 Å². The van der Waals surface area contributed by atoms with Gasteiger partial charge in [-0.1, -0.05) is 48.5 Å². The van der Waals surface area contributed by atoms with Crippen molar-refractivity contribution >= 4 is 45.1 Å². The van der Waals surface area contributed by atoms with E-state index in [0.29, 0.717) is 35.0 Å². The Morgan fingerprint density at radius 3 is 2.74 bits per heavy atom. The van der Waals surface area contributed by atoms with Crippen molar-refractivity contribution in [1.29, 1.82) is 0 Å². The van der Waals surface area contributed by atoms with Gasteiger partial charge in [0.05, 0.1) is 5.52 Å². The minimum atomic E-state index is -1.04. The second-order valence-corrected chi connectivity index (χ2v) is 11.4. The van der Waals surface area contributed by atoms with Gasteiger partial charge in [0, 0.05) is 47.8 Å². The summed E-state index contributed by atoms with van der Waals surface area (Å²) in [7, 11) is 2.09. The van der Waals surface area contributed by atoms with Crippen molar-refractivity contribution in [2.24, 2.45) is 0 Å². The molecule has 4 aromatic rings. The quantitative estimate of drug-likeness (QED) is 0.208. The van der Waals surface area contributed by atoms with Crippen LogP contribution in [-0.2, 0) is 4.79 Å². The lowest BCUT2D eigenvalue weighted by atomic mass is 9.99. The number of hydrogen-bond donors (Lipinski definition) is 0. The minimum absolute atomic E-state index is 0.0231. The first-order valence-electron chi connectivity index (χ1n) is 14.3. The molecular weight excluding hydrogens is 569 g/mol. The van der Waals surface area contributed by atoms with Gasteiger partial charge >= 0.3 is 6.01 Å². The van der Waals surface area contributed by atoms with Crippen LogP contribution in [0.25, 0.3) is 37.8 Å². The second-order valence-electron chi connectivity index (χ2n) is 11.0. The number of likely N-dealkylation sites (N-methyl/N-ethyl adjacent to an activating group) is 1. The number of hydrogen-bond acceptors (Lipinski definition) is 7. The third-order valence-electron chi connectivity index (χ3n) is 8.32. The van der Waals surface area contributed by atoms with E-state index in [0.717, 1.165) is 41.3 Å². The van der Waals surface area contributed by atoms with E-state index < -0.39 is 17.8 Å². The molecule has 0 radical (unpaired) electrons. The molecule has 2 saturated heterocycles. The highest BCUT2D eigenvalue weighted by Gasteiger charge is 2.35. The number of nitrogens with zero attached hydrogens (tertiary/aromatic N) is 7. The van der Waals surface area contributed by atoms with Crippen molar-refractivity contribution in [2.75, 3.05) is 51.3 Å². The van der Waals surface area contributed by atoms with Crippen LogP contribution < -0.4 is 9.64 Å². The van der Waals surface area contributed by atoms with Crippen LogP contribution in [0.5, 0.6) is 6.01 Å². The predicted molar refractivity (Wildman–Crippen MR) is 166 cm³/mol. The SMILES string of the molecule is [C-]#[N+]C[C@H]1CN(c2nc(OC[C@@H]3CCCN3C)nc3cc(-c4cccc5cccc(Cl)c45)cnc23)CCN1C(=O)C(=C)F. The Bertz CT molecular complexity index is 1750. The molecule has 2 aliphatic heterocycles. The van der Waals surface area contributed by atoms with Crippen molar-refractivity contribution in [3.05, 3.63) is 77.5 Å². The van der Waals surface area contributed by atoms with Gasteiger partial charge in [-0.25, -0.2) is 11.0 Å². The maximum atomic E-state index is 13.8. The van der Waals surface area contributed by atoms with Gasteiger partial charge in [0.25, 0.3) is 5.91 Å². The van der Waals surface area contributed by atoms with Crippen LogP contribution in [0.1, 0.15) is 12.8 Å². The Morgan fingerprint density at radius 1 is 1.19 bits per heavy atom. The number of halogens is 2.